The summed E-state index contributed by atoms with van der Waals surface area (Å²) in [6.45, 7) is 1.80. The van der Waals surface area contributed by atoms with Crippen molar-refractivity contribution in [2.45, 2.75) is 19.6 Å². The number of thiazole rings is 1. The molecule has 0 saturated heterocycles. The first-order valence-corrected chi connectivity index (χ1v) is 16.8. The Hall–Kier alpha value is -3.94. The first-order valence-electron chi connectivity index (χ1n) is 14.1. The normalized spacial score (nSPS) is 14.5. The summed E-state index contributed by atoms with van der Waals surface area (Å²) in [6.07, 6.45) is 1.70. The second kappa shape index (κ2) is 13.8. The van der Waals surface area contributed by atoms with Gasteiger partial charge in [0, 0.05) is 21.2 Å². The maximum Gasteiger partial charge on any atom is 0.338 e. The van der Waals surface area contributed by atoms with Gasteiger partial charge in [0.05, 0.1) is 32.0 Å². The second-order valence-corrected chi connectivity index (χ2v) is 13.3. The Balaban J connectivity index is 1.56. The van der Waals surface area contributed by atoms with Crippen LogP contribution in [0.5, 0.6) is 5.75 Å². The second-order valence-electron chi connectivity index (χ2n) is 10.2. The van der Waals surface area contributed by atoms with Crippen LogP contribution in [0.15, 0.2) is 111 Å². The summed E-state index contributed by atoms with van der Waals surface area (Å²) in [5, 5.41) is 0. The third kappa shape index (κ3) is 6.49. The van der Waals surface area contributed by atoms with Crippen molar-refractivity contribution in [3.63, 3.8) is 0 Å². The Kier molecular flexibility index (Phi) is 9.62. The van der Waals surface area contributed by atoms with Gasteiger partial charge in [0.15, 0.2) is 4.80 Å². The predicted molar refractivity (Wildman–Crippen MR) is 185 cm³/mol. The Bertz CT molecular complexity index is 2170. The number of benzene rings is 4. The number of nitrogens with zero attached hydrogens (tertiary/aromatic N) is 2. The number of aromatic nitrogens is 1. The smallest absolute Gasteiger partial charge is 0.338 e. The van der Waals surface area contributed by atoms with Crippen molar-refractivity contribution in [3.8, 4) is 5.75 Å². The van der Waals surface area contributed by atoms with Crippen LogP contribution in [-0.2, 0) is 16.1 Å². The van der Waals surface area contributed by atoms with E-state index in [0.29, 0.717) is 43.0 Å². The van der Waals surface area contributed by atoms with Crippen molar-refractivity contribution in [1.29, 1.82) is 0 Å². The lowest BCUT2D eigenvalue weighted by atomic mass is 9.93. The van der Waals surface area contributed by atoms with Crippen molar-refractivity contribution < 1.29 is 23.0 Å². The molecular weight excluding hydrogens is 789 g/mol. The number of carbonyl (C=O) groups is 1. The van der Waals surface area contributed by atoms with Crippen LogP contribution in [0.25, 0.3) is 11.8 Å². The summed E-state index contributed by atoms with van der Waals surface area (Å²) in [5.41, 5.74) is 2.31. The molecule has 0 saturated carbocycles. The molecule has 0 spiro atoms. The SMILES string of the molecule is CCOC(=O)C1=C(c2ccccc2)N=c2s/c(=C\c3cc(Br)cc(I)c3OCc3ccccc3F)c(=O)n2[C@H]1c1ccc(F)cc1. The molecule has 5 aromatic rings. The molecule has 0 aliphatic carbocycles. The lowest BCUT2D eigenvalue weighted by molar-refractivity contribution is -0.138. The molecule has 1 aliphatic rings. The van der Waals surface area contributed by atoms with Crippen LogP contribution in [0.3, 0.4) is 0 Å². The van der Waals surface area contributed by atoms with Gasteiger partial charge in [-0.05, 0) is 71.5 Å². The van der Waals surface area contributed by atoms with E-state index in [1.807, 2.05) is 42.5 Å². The molecule has 232 valence electrons. The number of ether oxygens (including phenoxy) is 2. The van der Waals surface area contributed by atoms with Crippen LogP contribution in [0.4, 0.5) is 8.78 Å². The van der Waals surface area contributed by atoms with Gasteiger partial charge in [-0.3, -0.25) is 9.36 Å². The topological polar surface area (TPSA) is 69.9 Å². The van der Waals surface area contributed by atoms with E-state index in [9.17, 15) is 18.4 Å². The fourth-order valence-corrected chi connectivity index (χ4v) is 7.85. The molecule has 1 atom stereocenters. The van der Waals surface area contributed by atoms with Crippen LogP contribution in [0.1, 0.15) is 35.2 Å². The van der Waals surface area contributed by atoms with Gasteiger partial charge in [-0.1, -0.05) is 87.9 Å². The van der Waals surface area contributed by atoms with Crippen molar-refractivity contribution in [1.82, 2.24) is 4.57 Å². The molecule has 0 radical (unpaired) electrons. The highest BCUT2D eigenvalue weighted by molar-refractivity contribution is 14.1. The zero-order chi connectivity index (χ0) is 32.4. The fourth-order valence-electron chi connectivity index (χ4n) is 5.15. The van der Waals surface area contributed by atoms with Gasteiger partial charge >= 0.3 is 5.97 Å². The van der Waals surface area contributed by atoms with Crippen LogP contribution in [0, 0.1) is 15.2 Å². The lowest BCUT2D eigenvalue weighted by Crippen LogP contribution is -2.40. The molecule has 11 heteroatoms. The molecule has 2 heterocycles. The minimum Gasteiger partial charge on any atom is -0.487 e. The highest BCUT2D eigenvalue weighted by atomic mass is 127. The number of hydrogen-bond donors (Lipinski definition) is 0. The van der Waals surface area contributed by atoms with Gasteiger partial charge in [0.25, 0.3) is 5.56 Å². The molecule has 0 N–H and O–H groups in total. The first kappa shape index (κ1) is 32.0. The average molecular weight is 813 g/mol. The molecule has 0 unspecified atom stereocenters. The first-order chi connectivity index (χ1) is 22.2. The summed E-state index contributed by atoms with van der Waals surface area (Å²) >= 11 is 6.83. The molecule has 46 heavy (non-hydrogen) atoms. The summed E-state index contributed by atoms with van der Waals surface area (Å²) in [5.74, 6) is -0.977. The Labute approximate surface area is 288 Å². The number of fused-ring (bicyclic) bond motifs is 1. The van der Waals surface area contributed by atoms with E-state index in [-0.39, 0.29) is 24.6 Å². The van der Waals surface area contributed by atoms with Gasteiger partial charge in [-0.15, -0.1) is 0 Å². The highest BCUT2D eigenvalue weighted by Crippen LogP contribution is 2.36. The van der Waals surface area contributed by atoms with Gasteiger partial charge in [-0.25, -0.2) is 18.6 Å². The van der Waals surface area contributed by atoms with E-state index in [1.165, 1.54) is 22.8 Å². The van der Waals surface area contributed by atoms with Crippen molar-refractivity contribution >= 4 is 67.6 Å². The van der Waals surface area contributed by atoms with Crippen LogP contribution >= 0.6 is 49.9 Å². The Morgan fingerprint density at radius 1 is 1.04 bits per heavy atom. The van der Waals surface area contributed by atoms with E-state index in [1.54, 1.807) is 43.3 Å². The molecule has 0 amide bonds. The number of carbonyl (C=O) groups excluding carboxylic acids is 1. The third-order valence-electron chi connectivity index (χ3n) is 7.21. The number of esters is 1. The quantitative estimate of drug-likeness (QED) is 0.123. The molecule has 0 fully saturated rings. The Morgan fingerprint density at radius 2 is 1.76 bits per heavy atom. The summed E-state index contributed by atoms with van der Waals surface area (Å²) in [7, 11) is 0. The molecular formula is C35H24BrF2IN2O4S. The fraction of sp³-hybridized carbons (Fsp3) is 0.114. The molecule has 0 bridgehead atoms. The minimum atomic E-state index is -0.937. The number of halogens is 4. The van der Waals surface area contributed by atoms with Crippen LogP contribution in [-0.4, -0.2) is 17.1 Å². The third-order valence-corrected chi connectivity index (χ3v) is 9.46. The zero-order valence-corrected chi connectivity index (χ0v) is 28.7. The van der Waals surface area contributed by atoms with Crippen molar-refractivity contribution in [2.24, 2.45) is 4.99 Å². The summed E-state index contributed by atoms with van der Waals surface area (Å²) < 4.78 is 43.3. The largest absolute Gasteiger partial charge is 0.487 e. The average Bonchev–Trinajstić information content (AvgIpc) is 3.35. The maximum absolute atomic E-state index is 14.4. The van der Waals surface area contributed by atoms with E-state index < -0.39 is 23.4 Å². The van der Waals surface area contributed by atoms with E-state index >= 15 is 0 Å². The molecule has 6 rings (SSSR count). The monoisotopic (exact) mass is 812 g/mol. The Morgan fingerprint density at radius 3 is 2.48 bits per heavy atom. The summed E-state index contributed by atoms with van der Waals surface area (Å²) in [4.78, 5) is 33.1. The van der Waals surface area contributed by atoms with E-state index in [4.69, 9.17) is 14.5 Å². The van der Waals surface area contributed by atoms with E-state index in [0.717, 1.165) is 19.4 Å². The van der Waals surface area contributed by atoms with Gasteiger partial charge < -0.3 is 9.47 Å². The maximum atomic E-state index is 14.4. The summed E-state index contributed by atoms with van der Waals surface area (Å²) in [6, 6.07) is 24.0. The van der Waals surface area contributed by atoms with Crippen LogP contribution in [0.2, 0.25) is 0 Å². The van der Waals surface area contributed by atoms with Crippen molar-refractivity contribution in [2.75, 3.05) is 6.61 Å². The van der Waals surface area contributed by atoms with Gasteiger partial charge in [0.1, 0.15) is 24.0 Å². The number of hydrogen-bond acceptors (Lipinski definition) is 6. The molecule has 1 aliphatic heterocycles. The van der Waals surface area contributed by atoms with Gasteiger partial charge in [0.2, 0.25) is 0 Å². The van der Waals surface area contributed by atoms with Crippen molar-refractivity contribution in [3.05, 3.63) is 158 Å². The molecule has 4 aromatic carbocycles. The minimum absolute atomic E-state index is 0.0136. The zero-order valence-electron chi connectivity index (χ0n) is 24.2. The predicted octanol–water partition coefficient (Wildman–Crippen LogP) is 7.16. The standard InChI is InChI=1S/C35H24BrF2IN2O4S/c1-2-44-34(43)29-30(20-8-4-3-5-9-20)40-35-41(31(29)21-12-14-25(37)15-13-21)33(42)28(46-35)17-23-16-24(36)18-27(39)32(23)45-19-22-10-6-7-11-26(22)38/h3-18,31H,2,19H2,1H3/b28-17-/t31-/m0/s1. The lowest BCUT2D eigenvalue weighted by Gasteiger charge is -2.25. The highest BCUT2D eigenvalue weighted by Gasteiger charge is 2.35. The van der Waals surface area contributed by atoms with Crippen LogP contribution < -0.4 is 19.6 Å². The molecule has 6 nitrogen and oxygen atoms in total. The molecule has 1 aromatic heterocycles. The van der Waals surface area contributed by atoms with Gasteiger partial charge in [-0.2, -0.15) is 0 Å². The number of rotatable bonds is 8. The van der Waals surface area contributed by atoms with E-state index in [2.05, 4.69) is 38.5 Å².